The summed E-state index contributed by atoms with van der Waals surface area (Å²) < 4.78 is 6.92. The first-order valence-electron chi connectivity index (χ1n) is 7.81. The molecule has 1 unspecified atom stereocenters. The Morgan fingerprint density at radius 1 is 1.38 bits per heavy atom. The van der Waals surface area contributed by atoms with Gasteiger partial charge < -0.3 is 10.1 Å². The van der Waals surface area contributed by atoms with Crippen molar-refractivity contribution in [3.8, 4) is 0 Å². The zero-order valence-electron chi connectivity index (χ0n) is 13.4. The molecule has 2 N–H and O–H groups in total. The number of carbonyl (C=O) groups excluding carboxylic acids is 1. The molecule has 1 aliphatic heterocycles. The van der Waals surface area contributed by atoms with E-state index in [0.29, 0.717) is 18.7 Å². The molecule has 0 saturated heterocycles. The van der Waals surface area contributed by atoms with Crippen LogP contribution in [0, 0.1) is 6.92 Å². The fourth-order valence-corrected chi connectivity index (χ4v) is 2.80. The molecule has 7 nitrogen and oxygen atoms in total. The van der Waals surface area contributed by atoms with Gasteiger partial charge in [0.2, 0.25) is 5.91 Å². The fraction of sp³-hybridized carbons (Fsp3) is 0.353. The fourth-order valence-electron chi connectivity index (χ4n) is 2.80. The molecule has 0 fully saturated rings. The van der Waals surface area contributed by atoms with Crippen LogP contribution in [-0.4, -0.2) is 28.6 Å². The van der Waals surface area contributed by atoms with Crippen molar-refractivity contribution in [3.63, 3.8) is 0 Å². The number of benzene rings is 1. The molecule has 1 amide bonds. The maximum atomic E-state index is 12.1. The first kappa shape index (κ1) is 16.2. The van der Waals surface area contributed by atoms with Gasteiger partial charge in [0.1, 0.15) is 12.6 Å². The van der Waals surface area contributed by atoms with Crippen molar-refractivity contribution in [1.82, 2.24) is 14.9 Å². The monoisotopic (exact) mass is 329 g/mol. The average molecular weight is 329 g/mol. The third kappa shape index (κ3) is 3.46. The molecule has 1 aromatic carbocycles. The number of aryl methyl sites for hydroxylation is 1. The number of ether oxygens (including phenoxy) is 1. The van der Waals surface area contributed by atoms with E-state index >= 15 is 0 Å². The standard InChI is InChI=1S/C17H19N3O4/c1-11-9-20(17(23)19-16(11)22)10-15(21)18-8-14-13-5-3-2-4-12(13)6-7-24-14/h2-5,9,14H,6-8,10H2,1H3,(H,18,21)(H,19,22,23). The first-order chi connectivity index (χ1) is 11.5. The number of amides is 1. The summed E-state index contributed by atoms with van der Waals surface area (Å²) >= 11 is 0. The number of H-pyrrole nitrogens is 1. The quantitative estimate of drug-likeness (QED) is 0.842. The van der Waals surface area contributed by atoms with Crippen LogP contribution in [-0.2, 0) is 22.5 Å². The lowest BCUT2D eigenvalue weighted by Gasteiger charge is -2.26. The van der Waals surface area contributed by atoms with Gasteiger partial charge in [0.15, 0.2) is 0 Å². The number of hydrogen-bond acceptors (Lipinski definition) is 4. The van der Waals surface area contributed by atoms with Crippen LogP contribution in [0.5, 0.6) is 0 Å². The van der Waals surface area contributed by atoms with Crippen LogP contribution in [0.25, 0.3) is 0 Å². The maximum Gasteiger partial charge on any atom is 0.328 e. The first-order valence-corrected chi connectivity index (χ1v) is 7.81. The number of carbonyl (C=O) groups is 1. The van der Waals surface area contributed by atoms with Crippen molar-refractivity contribution >= 4 is 5.91 Å². The summed E-state index contributed by atoms with van der Waals surface area (Å²) in [5, 5.41) is 2.79. The average Bonchev–Trinajstić information content (AvgIpc) is 2.58. The molecule has 0 bridgehead atoms. The molecule has 0 aliphatic carbocycles. The minimum atomic E-state index is -0.597. The molecule has 1 atom stereocenters. The van der Waals surface area contributed by atoms with Gasteiger partial charge in [0.05, 0.1) is 6.61 Å². The van der Waals surface area contributed by atoms with Crippen molar-refractivity contribution in [2.24, 2.45) is 0 Å². The Kier molecular flexibility index (Phi) is 4.61. The van der Waals surface area contributed by atoms with Gasteiger partial charge in [-0.2, -0.15) is 0 Å². The highest BCUT2D eigenvalue weighted by atomic mass is 16.5. The van der Waals surface area contributed by atoms with Gasteiger partial charge in [-0.3, -0.25) is 19.1 Å². The predicted octanol–water partition coefficient (Wildman–Crippen LogP) is 0.275. The van der Waals surface area contributed by atoms with E-state index in [1.807, 2.05) is 18.2 Å². The van der Waals surface area contributed by atoms with Gasteiger partial charge in [0.25, 0.3) is 5.56 Å². The Morgan fingerprint density at radius 3 is 3.00 bits per heavy atom. The highest BCUT2D eigenvalue weighted by Crippen LogP contribution is 2.26. The number of hydrogen-bond donors (Lipinski definition) is 2. The minimum Gasteiger partial charge on any atom is -0.371 e. The summed E-state index contributed by atoms with van der Waals surface area (Å²) in [4.78, 5) is 37.3. The van der Waals surface area contributed by atoms with E-state index < -0.39 is 11.2 Å². The number of aromatic nitrogens is 2. The number of nitrogens with zero attached hydrogens (tertiary/aromatic N) is 1. The highest BCUT2D eigenvalue weighted by molar-refractivity contribution is 5.75. The molecule has 1 aliphatic rings. The smallest absolute Gasteiger partial charge is 0.328 e. The lowest BCUT2D eigenvalue weighted by atomic mass is 9.97. The summed E-state index contributed by atoms with van der Waals surface area (Å²) in [5.74, 6) is -0.310. The number of aromatic amines is 1. The molecule has 0 radical (unpaired) electrons. The van der Waals surface area contributed by atoms with Crippen molar-refractivity contribution in [3.05, 3.63) is 68.0 Å². The molecule has 0 saturated carbocycles. The third-order valence-corrected chi connectivity index (χ3v) is 4.08. The second-order valence-electron chi connectivity index (χ2n) is 5.81. The molecular weight excluding hydrogens is 310 g/mol. The Bertz CT molecular complexity index is 869. The second kappa shape index (κ2) is 6.84. The van der Waals surface area contributed by atoms with Gasteiger partial charge in [-0.05, 0) is 24.5 Å². The van der Waals surface area contributed by atoms with E-state index in [0.717, 1.165) is 12.0 Å². The van der Waals surface area contributed by atoms with E-state index in [4.69, 9.17) is 4.74 Å². The normalized spacial score (nSPS) is 16.5. The third-order valence-electron chi connectivity index (χ3n) is 4.08. The molecular formula is C17H19N3O4. The SMILES string of the molecule is Cc1cn(CC(=O)NCC2OCCc3ccccc32)c(=O)[nH]c1=O. The van der Waals surface area contributed by atoms with Crippen LogP contribution in [0.15, 0.2) is 40.1 Å². The second-order valence-corrected chi connectivity index (χ2v) is 5.81. The van der Waals surface area contributed by atoms with Gasteiger partial charge in [-0.25, -0.2) is 4.79 Å². The lowest BCUT2D eigenvalue weighted by molar-refractivity contribution is -0.122. The number of nitrogens with one attached hydrogen (secondary N) is 2. The van der Waals surface area contributed by atoms with Gasteiger partial charge in [-0.15, -0.1) is 0 Å². The van der Waals surface area contributed by atoms with Gasteiger partial charge in [0, 0.05) is 18.3 Å². The Hall–Kier alpha value is -2.67. The zero-order valence-corrected chi connectivity index (χ0v) is 13.4. The topological polar surface area (TPSA) is 93.2 Å². The van der Waals surface area contributed by atoms with Gasteiger partial charge in [-0.1, -0.05) is 24.3 Å². The molecule has 1 aromatic heterocycles. The van der Waals surface area contributed by atoms with E-state index in [-0.39, 0.29) is 18.6 Å². The Balaban J connectivity index is 1.64. The van der Waals surface area contributed by atoms with Crippen LogP contribution in [0.4, 0.5) is 0 Å². The van der Waals surface area contributed by atoms with Crippen molar-refractivity contribution in [1.29, 1.82) is 0 Å². The van der Waals surface area contributed by atoms with Crippen molar-refractivity contribution in [2.75, 3.05) is 13.2 Å². The van der Waals surface area contributed by atoms with Gasteiger partial charge >= 0.3 is 5.69 Å². The number of rotatable bonds is 4. The van der Waals surface area contributed by atoms with Crippen LogP contribution >= 0.6 is 0 Å². The van der Waals surface area contributed by atoms with E-state index in [9.17, 15) is 14.4 Å². The Morgan fingerprint density at radius 2 is 2.17 bits per heavy atom. The molecule has 24 heavy (non-hydrogen) atoms. The molecule has 0 spiro atoms. The van der Waals surface area contributed by atoms with Crippen molar-refractivity contribution in [2.45, 2.75) is 26.0 Å². The molecule has 2 aromatic rings. The summed E-state index contributed by atoms with van der Waals surface area (Å²) in [6, 6.07) is 8.01. The molecule has 3 rings (SSSR count). The largest absolute Gasteiger partial charge is 0.371 e. The molecule has 2 heterocycles. The molecule has 126 valence electrons. The lowest BCUT2D eigenvalue weighted by Crippen LogP contribution is -2.38. The number of fused-ring (bicyclic) bond motifs is 1. The van der Waals surface area contributed by atoms with E-state index in [1.165, 1.54) is 16.3 Å². The van der Waals surface area contributed by atoms with Crippen LogP contribution < -0.4 is 16.6 Å². The summed E-state index contributed by atoms with van der Waals surface area (Å²) in [7, 11) is 0. The summed E-state index contributed by atoms with van der Waals surface area (Å²) in [5.41, 5.74) is 1.66. The summed E-state index contributed by atoms with van der Waals surface area (Å²) in [6.45, 7) is 2.40. The van der Waals surface area contributed by atoms with Crippen LogP contribution in [0.2, 0.25) is 0 Å². The highest BCUT2D eigenvalue weighted by Gasteiger charge is 2.20. The molecule has 7 heteroatoms. The minimum absolute atomic E-state index is 0.148. The predicted molar refractivity (Wildman–Crippen MR) is 87.9 cm³/mol. The van der Waals surface area contributed by atoms with E-state index in [2.05, 4.69) is 16.4 Å². The zero-order chi connectivity index (χ0) is 17.1. The van der Waals surface area contributed by atoms with Crippen LogP contribution in [0.3, 0.4) is 0 Å². The summed E-state index contributed by atoms with van der Waals surface area (Å²) in [6.07, 6.45) is 2.06. The van der Waals surface area contributed by atoms with E-state index in [1.54, 1.807) is 6.92 Å². The Labute approximate surface area is 138 Å². The van der Waals surface area contributed by atoms with Crippen molar-refractivity contribution < 1.29 is 9.53 Å². The maximum absolute atomic E-state index is 12.1. The van der Waals surface area contributed by atoms with Crippen LogP contribution in [0.1, 0.15) is 22.8 Å².